The molecular weight excluding hydrogens is 785 g/mol. The number of amides is 4. The molecule has 14 nitrogen and oxygen atoms in total. The Morgan fingerprint density at radius 3 is 2.03 bits per heavy atom. The van der Waals surface area contributed by atoms with Crippen molar-refractivity contribution in [2.45, 2.75) is 136 Å². The SMILES string of the molecule is CC(C)[C@H](NC(=O)[C@H](Cc1ccc(O)cc1)NC(=O)OC(C)(C)C)C(=O)C[C@@H]1/C=C/C(=O)N[C@@H](C(C)C)C(=O)N[C@@H](Cc2ccc(O[Si](C)(C)C(C)(C)C)cc2)C(=O)OC1. The normalized spacial score (nSPS) is 19.7. The number of phenols is 1. The maximum Gasteiger partial charge on any atom is 0.408 e. The number of rotatable bonds is 14. The van der Waals surface area contributed by atoms with E-state index in [0.29, 0.717) is 11.3 Å². The summed E-state index contributed by atoms with van der Waals surface area (Å²) in [6.45, 7) is 22.6. The molecule has 5 N–H and O–H groups in total. The van der Waals surface area contributed by atoms with Gasteiger partial charge in [-0.1, -0.05) is 78.8 Å². The van der Waals surface area contributed by atoms with E-state index in [1.165, 1.54) is 24.3 Å². The van der Waals surface area contributed by atoms with Crippen LogP contribution in [0.4, 0.5) is 4.79 Å². The van der Waals surface area contributed by atoms with Gasteiger partial charge in [0.05, 0.1) is 12.6 Å². The largest absolute Gasteiger partial charge is 0.544 e. The van der Waals surface area contributed by atoms with Crippen LogP contribution in [0.25, 0.3) is 0 Å². The van der Waals surface area contributed by atoms with Crippen LogP contribution in [0.2, 0.25) is 18.1 Å². The van der Waals surface area contributed by atoms with E-state index in [4.69, 9.17) is 13.9 Å². The molecule has 2 aromatic carbocycles. The predicted octanol–water partition coefficient (Wildman–Crippen LogP) is 5.91. The Kier molecular flexibility index (Phi) is 17.1. The van der Waals surface area contributed by atoms with Crippen LogP contribution in [0.3, 0.4) is 0 Å². The summed E-state index contributed by atoms with van der Waals surface area (Å²) < 4.78 is 17.6. The van der Waals surface area contributed by atoms with Crippen LogP contribution >= 0.6 is 0 Å². The van der Waals surface area contributed by atoms with Crippen molar-refractivity contribution in [1.29, 1.82) is 0 Å². The third-order valence-corrected chi connectivity index (χ3v) is 14.9. The van der Waals surface area contributed by atoms with E-state index in [-0.39, 0.29) is 42.6 Å². The quantitative estimate of drug-likeness (QED) is 0.113. The van der Waals surface area contributed by atoms with Crippen molar-refractivity contribution in [3.63, 3.8) is 0 Å². The predicted molar refractivity (Wildman–Crippen MR) is 232 cm³/mol. The Hall–Kier alpha value is -5.18. The monoisotopic (exact) mass is 850 g/mol. The van der Waals surface area contributed by atoms with Crippen molar-refractivity contribution in [2.75, 3.05) is 6.61 Å². The van der Waals surface area contributed by atoms with Crippen LogP contribution in [0.1, 0.15) is 86.8 Å². The number of hydrogen-bond donors (Lipinski definition) is 5. The smallest absolute Gasteiger partial charge is 0.408 e. The van der Waals surface area contributed by atoms with Gasteiger partial charge in [-0.15, -0.1) is 0 Å². The lowest BCUT2D eigenvalue weighted by Crippen LogP contribution is -2.55. The molecule has 4 amide bonds. The molecular formula is C45H66N4O10Si. The Balaban J connectivity index is 1.85. The maximum absolute atomic E-state index is 14.0. The number of benzene rings is 2. The number of alkyl carbamates (subject to hydrolysis) is 1. The summed E-state index contributed by atoms with van der Waals surface area (Å²) in [4.78, 5) is 81.0. The van der Waals surface area contributed by atoms with Gasteiger partial charge in [0.1, 0.15) is 35.2 Å². The first kappa shape index (κ1) is 49.2. The van der Waals surface area contributed by atoms with Gasteiger partial charge in [0.15, 0.2) is 5.78 Å². The van der Waals surface area contributed by atoms with Crippen molar-refractivity contribution in [1.82, 2.24) is 21.3 Å². The third kappa shape index (κ3) is 15.4. The second kappa shape index (κ2) is 20.9. The molecule has 3 rings (SSSR count). The lowest BCUT2D eigenvalue weighted by atomic mass is 9.92. The Bertz CT molecular complexity index is 1850. The fourth-order valence-electron chi connectivity index (χ4n) is 6.05. The molecule has 2 aromatic rings. The second-order valence-corrected chi connectivity index (χ2v) is 23.4. The highest BCUT2D eigenvalue weighted by Crippen LogP contribution is 2.37. The van der Waals surface area contributed by atoms with Gasteiger partial charge in [0, 0.05) is 25.2 Å². The van der Waals surface area contributed by atoms with Crippen LogP contribution in [0.5, 0.6) is 11.5 Å². The van der Waals surface area contributed by atoms with E-state index in [0.717, 1.165) is 5.56 Å². The second-order valence-electron chi connectivity index (χ2n) is 18.7. The average molecular weight is 851 g/mol. The number of ketones is 1. The summed E-state index contributed by atoms with van der Waals surface area (Å²) in [7, 11) is -2.10. The fraction of sp³-hybridized carbons (Fsp3) is 0.556. The Morgan fingerprint density at radius 2 is 1.48 bits per heavy atom. The molecule has 1 heterocycles. The molecule has 0 aromatic heterocycles. The van der Waals surface area contributed by atoms with E-state index in [2.05, 4.69) is 55.1 Å². The molecule has 0 fully saturated rings. The summed E-state index contributed by atoms with van der Waals surface area (Å²) in [5.74, 6) is -3.64. The molecule has 1 aliphatic heterocycles. The van der Waals surface area contributed by atoms with Gasteiger partial charge in [-0.05, 0) is 92.2 Å². The highest BCUT2D eigenvalue weighted by Gasteiger charge is 2.39. The van der Waals surface area contributed by atoms with Gasteiger partial charge in [-0.3, -0.25) is 19.2 Å². The summed E-state index contributed by atoms with van der Waals surface area (Å²) >= 11 is 0. The van der Waals surface area contributed by atoms with E-state index in [9.17, 15) is 33.9 Å². The summed E-state index contributed by atoms with van der Waals surface area (Å²) in [5, 5.41) is 20.7. The van der Waals surface area contributed by atoms with E-state index >= 15 is 0 Å². The number of hydrogen-bond acceptors (Lipinski definition) is 10. The summed E-state index contributed by atoms with van der Waals surface area (Å²) in [5.41, 5.74) is 0.537. The number of ether oxygens (including phenoxy) is 2. The number of cyclic esters (lactones) is 1. The van der Waals surface area contributed by atoms with E-state index in [1.807, 2.05) is 24.3 Å². The van der Waals surface area contributed by atoms with E-state index < -0.39 is 85.5 Å². The van der Waals surface area contributed by atoms with Gasteiger partial charge in [0.2, 0.25) is 26.0 Å². The molecule has 60 heavy (non-hydrogen) atoms. The zero-order valence-electron chi connectivity index (χ0n) is 37.3. The first-order chi connectivity index (χ1) is 27.7. The number of Topliss-reactive ketones (excluding diaryl/α,β-unsaturated/α-hetero) is 1. The van der Waals surface area contributed by atoms with Crippen molar-refractivity contribution in [3.8, 4) is 11.5 Å². The molecule has 0 saturated carbocycles. The van der Waals surface area contributed by atoms with Crippen molar-refractivity contribution < 1.29 is 47.8 Å². The topological polar surface area (TPSA) is 198 Å². The summed E-state index contributed by atoms with van der Waals surface area (Å²) in [6.07, 6.45) is 1.75. The molecule has 5 atom stereocenters. The Labute approximate surface area is 356 Å². The molecule has 1 aliphatic rings. The van der Waals surface area contributed by atoms with Crippen molar-refractivity contribution in [3.05, 3.63) is 71.8 Å². The zero-order valence-corrected chi connectivity index (χ0v) is 38.3. The van der Waals surface area contributed by atoms with Crippen LogP contribution < -0.4 is 25.7 Å². The molecule has 0 saturated heterocycles. The Morgan fingerprint density at radius 1 is 0.883 bits per heavy atom. The number of esters is 1. The van der Waals surface area contributed by atoms with Crippen LogP contribution in [0.15, 0.2) is 60.7 Å². The molecule has 0 unspecified atom stereocenters. The number of carbonyl (C=O) groups is 6. The fourth-order valence-corrected chi connectivity index (χ4v) is 7.08. The zero-order chi connectivity index (χ0) is 45.2. The molecule has 15 heteroatoms. The van der Waals surface area contributed by atoms with Crippen molar-refractivity contribution >= 4 is 43.9 Å². The molecule has 0 spiro atoms. The summed E-state index contributed by atoms with van der Waals surface area (Å²) in [6, 6.07) is 9.25. The van der Waals surface area contributed by atoms with Gasteiger partial charge >= 0.3 is 12.1 Å². The highest BCUT2D eigenvalue weighted by atomic mass is 28.4. The average Bonchev–Trinajstić information content (AvgIpc) is 3.12. The minimum atomic E-state index is -2.10. The molecule has 330 valence electrons. The number of nitrogens with one attached hydrogen (secondary N) is 4. The third-order valence-electron chi connectivity index (χ3n) is 10.5. The number of carbonyl (C=O) groups excluding carboxylic acids is 6. The van der Waals surface area contributed by atoms with Crippen LogP contribution in [0, 0.1) is 17.8 Å². The van der Waals surface area contributed by atoms with Gasteiger partial charge in [-0.2, -0.15) is 0 Å². The molecule has 0 bridgehead atoms. The minimum absolute atomic E-state index is 0.00371. The minimum Gasteiger partial charge on any atom is -0.544 e. The lowest BCUT2D eigenvalue weighted by Gasteiger charge is -2.36. The van der Waals surface area contributed by atoms with Gasteiger partial charge in [0.25, 0.3) is 0 Å². The lowest BCUT2D eigenvalue weighted by molar-refractivity contribution is -0.149. The van der Waals surface area contributed by atoms with Crippen molar-refractivity contribution in [2.24, 2.45) is 17.8 Å². The van der Waals surface area contributed by atoms with Crippen LogP contribution in [-0.4, -0.2) is 85.4 Å². The van der Waals surface area contributed by atoms with Gasteiger partial charge in [-0.25, -0.2) is 9.59 Å². The number of phenolic OH excluding ortho intramolecular Hbond substituents is 1. The maximum atomic E-state index is 14.0. The van der Waals surface area contributed by atoms with E-state index in [1.54, 1.807) is 60.6 Å². The first-order valence-corrected chi connectivity index (χ1v) is 23.5. The van der Waals surface area contributed by atoms with Crippen LogP contribution in [-0.2, 0) is 46.3 Å². The molecule has 0 radical (unpaired) electrons. The standard InChI is InChI=1S/C45H66N4O10Si/c1-27(2)38(49-40(53)34(47-43(56)58-44(5,6)7)23-29-13-18-32(50)19-14-29)36(51)25-31-17-22-37(52)48-39(28(3)4)41(54)46-35(42(55)57-26-31)24-30-15-20-33(21-16-30)59-60(11,12)45(8,9)10/h13-22,27-28,31,34-35,38-39,50H,23-26H2,1-12H3,(H,46,54)(H,47,56)(H,48,52)(H,49,53)/b22-17+/t31-,34-,35-,38-,39-/m0/s1. The molecule has 0 aliphatic carbocycles. The highest BCUT2D eigenvalue weighted by molar-refractivity contribution is 6.74. The number of aromatic hydroxyl groups is 1. The first-order valence-electron chi connectivity index (χ1n) is 20.6. The van der Waals surface area contributed by atoms with Gasteiger partial charge < -0.3 is 40.3 Å².